The van der Waals surface area contributed by atoms with E-state index in [-0.39, 0.29) is 29.8 Å². The largest absolute Gasteiger partial charge is 0.444 e. The average molecular weight is 764 g/mol. The van der Waals surface area contributed by atoms with E-state index in [0.29, 0.717) is 17.9 Å². The van der Waals surface area contributed by atoms with Crippen molar-refractivity contribution in [3.05, 3.63) is 132 Å². The Bertz CT molecular complexity index is 2360. The number of likely N-dealkylation sites (tertiary alicyclic amines) is 2. The molecule has 2 fully saturated rings. The number of carbonyl (C=O) groups is 3. The molecular formula is C46H49N7O4. The molecule has 0 radical (unpaired) electrons. The quantitative estimate of drug-likeness (QED) is 0.135. The van der Waals surface area contributed by atoms with Crippen LogP contribution in [0.25, 0.3) is 33.4 Å². The molecule has 2 aromatic heterocycles. The standard InChI is InChI=1S/C46H49N7O4/c1-29(30-13-7-5-8-14-30)43(54)52-25-12-18-39(52)42-48-35-24-23-34(27-36(35)49-42)31-19-21-32(22-20-31)37-28-47-41(50-37)38-17-11-26-53(38)44(55)40(33-15-9-6-10-16-33)51-45(56)57-46(2,3)4/h5-10,13-16,19-24,27-29,38-40H,11-12,17-18,25-26H2,1-4H3,(H,47,50)(H,48,49)(H,51,56)/t29-,38+,39+,40-/m1/s1. The first-order valence-electron chi connectivity index (χ1n) is 19.9. The second kappa shape index (κ2) is 15.7. The van der Waals surface area contributed by atoms with Gasteiger partial charge in [0.05, 0.1) is 40.9 Å². The number of fused-ring (bicyclic) bond motifs is 1. The summed E-state index contributed by atoms with van der Waals surface area (Å²) in [6.07, 6.45) is 4.58. The van der Waals surface area contributed by atoms with Crippen molar-refractivity contribution >= 4 is 28.9 Å². The molecule has 0 aliphatic carbocycles. The summed E-state index contributed by atoms with van der Waals surface area (Å²) < 4.78 is 5.52. The van der Waals surface area contributed by atoms with Gasteiger partial charge in [0.2, 0.25) is 5.91 Å². The summed E-state index contributed by atoms with van der Waals surface area (Å²) >= 11 is 0. The predicted molar refractivity (Wildman–Crippen MR) is 220 cm³/mol. The van der Waals surface area contributed by atoms with Gasteiger partial charge in [-0.3, -0.25) is 9.59 Å². The number of alkyl carbamates (subject to hydrolysis) is 1. The van der Waals surface area contributed by atoms with E-state index in [2.05, 4.69) is 51.7 Å². The molecule has 2 aliphatic heterocycles. The van der Waals surface area contributed by atoms with Gasteiger partial charge in [0.25, 0.3) is 5.91 Å². The van der Waals surface area contributed by atoms with Crippen LogP contribution in [0, 0.1) is 0 Å². The molecular weight excluding hydrogens is 715 g/mol. The normalized spacial score (nSPS) is 18.1. The number of benzene rings is 4. The van der Waals surface area contributed by atoms with Crippen LogP contribution in [0.2, 0.25) is 0 Å². The molecule has 0 unspecified atom stereocenters. The zero-order valence-electron chi connectivity index (χ0n) is 32.9. The van der Waals surface area contributed by atoms with E-state index in [1.165, 1.54) is 0 Å². The molecule has 8 rings (SSSR count). The molecule has 3 amide bonds. The highest BCUT2D eigenvalue weighted by Gasteiger charge is 2.38. The Morgan fingerprint density at radius 3 is 2.00 bits per heavy atom. The molecule has 3 N–H and O–H groups in total. The van der Waals surface area contributed by atoms with E-state index in [0.717, 1.165) is 77.0 Å². The van der Waals surface area contributed by atoms with Gasteiger partial charge in [0, 0.05) is 13.1 Å². The smallest absolute Gasteiger partial charge is 0.408 e. The molecule has 292 valence electrons. The molecule has 4 atom stereocenters. The van der Waals surface area contributed by atoms with E-state index in [1.54, 1.807) is 20.8 Å². The maximum Gasteiger partial charge on any atom is 0.408 e. The Morgan fingerprint density at radius 1 is 0.737 bits per heavy atom. The van der Waals surface area contributed by atoms with Crippen LogP contribution < -0.4 is 5.32 Å². The van der Waals surface area contributed by atoms with Crippen molar-refractivity contribution in [1.29, 1.82) is 0 Å². The number of amides is 3. The number of rotatable bonds is 9. The van der Waals surface area contributed by atoms with Crippen molar-refractivity contribution in [2.75, 3.05) is 13.1 Å². The molecule has 0 saturated carbocycles. The van der Waals surface area contributed by atoms with E-state index in [1.807, 2.05) is 89.7 Å². The summed E-state index contributed by atoms with van der Waals surface area (Å²) in [5.41, 5.74) is 6.77. The fourth-order valence-electron chi connectivity index (χ4n) is 8.15. The summed E-state index contributed by atoms with van der Waals surface area (Å²) in [5, 5.41) is 2.82. The lowest BCUT2D eigenvalue weighted by Gasteiger charge is -2.29. The Labute approximate surface area is 332 Å². The van der Waals surface area contributed by atoms with Gasteiger partial charge in [-0.1, -0.05) is 91.0 Å². The molecule has 57 heavy (non-hydrogen) atoms. The Kier molecular flexibility index (Phi) is 10.4. The number of aromatic nitrogens is 4. The number of ether oxygens (including phenoxy) is 1. The molecule has 6 aromatic rings. The van der Waals surface area contributed by atoms with E-state index in [4.69, 9.17) is 14.7 Å². The predicted octanol–water partition coefficient (Wildman–Crippen LogP) is 9.02. The molecule has 4 aromatic carbocycles. The van der Waals surface area contributed by atoms with Crippen LogP contribution in [0.15, 0.2) is 109 Å². The first-order chi connectivity index (χ1) is 27.5. The number of nitrogens with zero attached hydrogens (tertiary/aromatic N) is 4. The topological polar surface area (TPSA) is 136 Å². The first kappa shape index (κ1) is 37.7. The molecule has 4 heterocycles. The van der Waals surface area contributed by atoms with Gasteiger partial charge in [-0.25, -0.2) is 14.8 Å². The van der Waals surface area contributed by atoms with Crippen molar-refractivity contribution in [2.45, 2.75) is 83.0 Å². The van der Waals surface area contributed by atoms with Crippen LogP contribution in [-0.2, 0) is 14.3 Å². The lowest BCUT2D eigenvalue weighted by atomic mass is 9.99. The van der Waals surface area contributed by atoms with Crippen LogP contribution in [0.5, 0.6) is 0 Å². The molecule has 2 aliphatic rings. The minimum absolute atomic E-state index is 0.0771. The highest BCUT2D eigenvalue weighted by molar-refractivity contribution is 5.88. The van der Waals surface area contributed by atoms with Gasteiger partial charge in [0.15, 0.2) is 0 Å². The molecule has 2 saturated heterocycles. The third-order valence-corrected chi connectivity index (χ3v) is 11.0. The minimum Gasteiger partial charge on any atom is -0.444 e. The van der Waals surface area contributed by atoms with Gasteiger partial charge in [-0.05, 0) is 93.3 Å². The third-order valence-electron chi connectivity index (χ3n) is 11.0. The summed E-state index contributed by atoms with van der Waals surface area (Å²) in [7, 11) is 0. The lowest BCUT2D eigenvalue weighted by Crippen LogP contribution is -2.44. The molecule has 11 nitrogen and oxygen atoms in total. The summed E-state index contributed by atoms with van der Waals surface area (Å²) in [5.74, 6) is 1.25. The van der Waals surface area contributed by atoms with Crippen molar-refractivity contribution in [2.24, 2.45) is 0 Å². The average Bonchev–Trinajstić information content (AvgIpc) is 4.05. The van der Waals surface area contributed by atoms with Crippen LogP contribution >= 0.6 is 0 Å². The molecule has 11 heteroatoms. The summed E-state index contributed by atoms with van der Waals surface area (Å²) in [6.45, 7) is 8.65. The van der Waals surface area contributed by atoms with E-state index < -0.39 is 17.7 Å². The third kappa shape index (κ3) is 8.05. The molecule has 0 bridgehead atoms. The first-order valence-corrected chi connectivity index (χ1v) is 19.9. The maximum absolute atomic E-state index is 14.1. The van der Waals surface area contributed by atoms with Gasteiger partial charge in [-0.2, -0.15) is 0 Å². The van der Waals surface area contributed by atoms with Gasteiger partial charge >= 0.3 is 6.09 Å². The number of aromatic amines is 2. The number of H-pyrrole nitrogens is 2. The zero-order valence-corrected chi connectivity index (χ0v) is 32.9. The van der Waals surface area contributed by atoms with Crippen LogP contribution in [0.4, 0.5) is 4.79 Å². The van der Waals surface area contributed by atoms with Crippen molar-refractivity contribution < 1.29 is 19.1 Å². The second-order valence-electron chi connectivity index (χ2n) is 16.1. The van der Waals surface area contributed by atoms with Gasteiger partial charge < -0.3 is 29.8 Å². The van der Waals surface area contributed by atoms with Crippen LogP contribution in [0.1, 0.15) is 100 Å². The van der Waals surface area contributed by atoms with Gasteiger partial charge in [0.1, 0.15) is 23.3 Å². The Hall–Kier alpha value is -6.23. The number of hydrogen-bond acceptors (Lipinski definition) is 6. The maximum atomic E-state index is 14.1. The number of imidazole rings is 2. The van der Waals surface area contributed by atoms with Crippen molar-refractivity contribution in [3.8, 4) is 22.4 Å². The summed E-state index contributed by atoms with van der Waals surface area (Å²) in [4.78, 5) is 61.1. The second-order valence-corrected chi connectivity index (χ2v) is 16.1. The van der Waals surface area contributed by atoms with Crippen LogP contribution in [0.3, 0.4) is 0 Å². The molecule has 0 spiro atoms. The monoisotopic (exact) mass is 763 g/mol. The highest BCUT2D eigenvalue weighted by atomic mass is 16.6. The van der Waals surface area contributed by atoms with Gasteiger partial charge in [-0.15, -0.1) is 0 Å². The van der Waals surface area contributed by atoms with Crippen LogP contribution in [-0.4, -0.2) is 66.3 Å². The SMILES string of the molecule is C[C@@H](C(=O)N1CCC[C@H]1c1nc2ccc(-c3ccc(-c4cnc([C@@H]5CCCN5C(=O)[C@H](NC(=O)OC(C)(C)C)c5ccccc5)[nH]4)cc3)cc2[nH]1)c1ccccc1. The van der Waals surface area contributed by atoms with E-state index >= 15 is 0 Å². The Balaban J connectivity index is 0.962. The van der Waals surface area contributed by atoms with Crippen molar-refractivity contribution in [1.82, 2.24) is 35.1 Å². The lowest BCUT2D eigenvalue weighted by molar-refractivity contribution is -0.135. The fraction of sp³-hybridized carbons (Fsp3) is 0.326. The fourth-order valence-corrected chi connectivity index (χ4v) is 8.15. The number of carbonyl (C=O) groups excluding carboxylic acids is 3. The van der Waals surface area contributed by atoms with E-state index in [9.17, 15) is 14.4 Å². The number of nitrogens with one attached hydrogen (secondary N) is 3. The Morgan fingerprint density at radius 2 is 1.33 bits per heavy atom. The summed E-state index contributed by atoms with van der Waals surface area (Å²) in [6, 6.07) is 32.5. The highest BCUT2D eigenvalue weighted by Crippen LogP contribution is 2.37. The zero-order chi connectivity index (χ0) is 39.7. The minimum atomic E-state index is -0.897. The van der Waals surface area contributed by atoms with Crippen molar-refractivity contribution in [3.63, 3.8) is 0 Å². The number of hydrogen-bond donors (Lipinski definition) is 3.